The van der Waals surface area contributed by atoms with E-state index in [1.54, 1.807) is 17.3 Å². The Bertz CT molecular complexity index is 1030. The Kier molecular flexibility index (Phi) is 5.19. The first kappa shape index (κ1) is 19.8. The van der Waals surface area contributed by atoms with Gasteiger partial charge >= 0.3 is 0 Å². The summed E-state index contributed by atoms with van der Waals surface area (Å²) in [6.45, 7) is 5.64. The summed E-state index contributed by atoms with van der Waals surface area (Å²) in [5.41, 5.74) is 5.37. The largest absolute Gasteiger partial charge is 0.305 e. The van der Waals surface area contributed by atoms with Crippen LogP contribution in [-0.2, 0) is 12.5 Å². The van der Waals surface area contributed by atoms with Crippen LogP contribution in [-0.4, -0.2) is 57.9 Å². The van der Waals surface area contributed by atoms with Crippen molar-refractivity contribution in [2.75, 3.05) is 25.4 Å². The minimum atomic E-state index is 0.446. The van der Waals surface area contributed by atoms with Crippen molar-refractivity contribution >= 4 is 25.1 Å². The third-order valence-electron chi connectivity index (χ3n) is 6.70. The van der Waals surface area contributed by atoms with Gasteiger partial charge in [-0.3, -0.25) is 4.98 Å². The van der Waals surface area contributed by atoms with Crippen molar-refractivity contribution in [2.45, 2.75) is 30.3 Å². The fraction of sp³-hybridized carbons (Fsp3) is 0.435. The van der Waals surface area contributed by atoms with Gasteiger partial charge in [0, 0.05) is 48.8 Å². The molecule has 2 aliphatic rings. The summed E-state index contributed by atoms with van der Waals surface area (Å²) in [5.74, 6) is 2.80. The lowest BCUT2D eigenvalue weighted by Crippen LogP contribution is -2.28. The van der Waals surface area contributed by atoms with Crippen LogP contribution in [0.1, 0.15) is 24.1 Å². The highest BCUT2D eigenvalue weighted by atomic mass is 32.2. The Morgan fingerprint density at radius 2 is 2.00 bits per heavy atom. The number of nitrogens with zero attached hydrogens (tertiary/aromatic N) is 5. The zero-order valence-electron chi connectivity index (χ0n) is 18.0. The predicted molar refractivity (Wildman–Crippen MR) is 125 cm³/mol. The van der Waals surface area contributed by atoms with E-state index in [2.05, 4.69) is 62.8 Å². The van der Waals surface area contributed by atoms with E-state index in [9.17, 15) is 0 Å². The number of aromatic nitrogens is 4. The number of likely N-dealkylation sites (tertiary alicyclic amines) is 1. The lowest BCUT2D eigenvalue weighted by Gasteiger charge is -2.21. The highest BCUT2D eigenvalue weighted by Crippen LogP contribution is 2.58. The number of thioether (sulfide) groups is 1. The molecule has 2 unspecified atom stereocenters. The highest BCUT2D eigenvalue weighted by Gasteiger charge is 2.60. The number of rotatable bonds is 7. The second kappa shape index (κ2) is 7.86. The summed E-state index contributed by atoms with van der Waals surface area (Å²) in [4.78, 5) is 7.03. The number of fused-ring (bicyclic) bond motifs is 1. The average Bonchev–Trinajstić information content (AvgIpc) is 3.12. The third-order valence-corrected chi connectivity index (χ3v) is 7.80. The summed E-state index contributed by atoms with van der Waals surface area (Å²) >= 11 is 1.80. The van der Waals surface area contributed by atoms with Gasteiger partial charge in [0.05, 0.1) is 0 Å². The average molecular weight is 417 g/mol. The van der Waals surface area contributed by atoms with Crippen LogP contribution in [0.2, 0.25) is 0 Å². The zero-order valence-corrected chi connectivity index (χ0v) is 18.8. The van der Waals surface area contributed by atoms with Crippen LogP contribution in [0.15, 0.2) is 47.8 Å². The SMILES string of the molecule is Bc1ccc(C23CC2CN(CCCSc2nnc(-c4ccc(C)nc4)n2C)C3)cc1. The number of hydrogen-bond donors (Lipinski definition) is 0. The van der Waals surface area contributed by atoms with E-state index < -0.39 is 0 Å². The summed E-state index contributed by atoms with van der Waals surface area (Å²) in [7, 11) is 4.21. The Morgan fingerprint density at radius 3 is 2.77 bits per heavy atom. The standard InChI is InChI=1S/C23H28BN5S/c1-16-4-5-17(13-25-16)21-26-27-22(28(21)2)30-11-3-10-29-14-19-12-23(19,15-29)18-6-8-20(24)9-7-18/h4-9,13,19H,3,10-12,14-15,24H2,1-2H3. The number of hydrogen-bond acceptors (Lipinski definition) is 5. The first-order valence-electron chi connectivity index (χ1n) is 10.8. The van der Waals surface area contributed by atoms with Crippen LogP contribution >= 0.6 is 11.8 Å². The molecule has 3 heterocycles. The van der Waals surface area contributed by atoms with E-state index >= 15 is 0 Å². The van der Waals surface area contributed by atoms with Crippen LogP contribution in [0.5, 0.6) is 0 Å². The van der Waals surface area contributed by atoms with E-state index in [-0.39, 0.29) is 0 Å². The molecule has 3 aromatic rings. The van der Waals surface area contributed by atoms with E-state index in [4.69, 9.17) is 0 Å². The molecular formula is C23H28BN5S. The molecule has 1 aliphatic heterocycles. The Morgan fingerprint density at radius 1 is 1.17 bits per heavy atom. The maximum atomic E-state index is 4.40. The van der Waals surface area contributed by atoms with Gasteiger partial charge in [-0.2, -0.15) is 0 Å². The van der Waals surface area contributed by atoms with Crippen LogP contribution < -0.4 is 5.46 Å². The lowest BCUT2D eigenvalue weighted by atomic mass is 9.89. The molecule has 0 spiro atoms. The predicted octanol–water partition coefficient (Wildman–Crippen LogP) is 2.20. The topological polar surface area (TPSA) is 46.8 Å². The molecule has 0 radical (unpaired) electrons. The van der Waals surface area contributed by atoms with E-state index in [0.717, 1.165) is 33.9 Å². The van der Waals surface area contributed by atoms with Crippen molar-refractivity contribution < 1.29 is 0 Å². The van der Waals surface area contributed by atoms with Crippen molar-refractivity contribution in [1.82, 2.24) is 24.6 Å². The van der Waals surface area contributed by atoms with Crippen LogP contribution in [0.25, 0.3) is 11.4 Å². The van der Waals surface area contributed by atoms with Gasteiger partial charge in [0.2, 0.25) is 0 Å². The summed E-state index contributed by atoms with van der Waals surface area (Å²) < 4.78 is 2.08. The van der Waals surface area contributed by atoms with Crippen LogP contribution in [0, 0.1) is 12.8 Å². The number of aryl methyl sites for hydroxylation is 1. The van der Waals surface area contributed by atoms with Gasteiger partial charge in [0.15, 0.2) is 11.0 Å². The van der Waals surface area contributed by atoms with E-state index in [1.165, 1.54) is 37.9 Å². The second-order valence-electron chi connectivity index (χ2n) is 8.91. The molecule has 30 heavy (non-hydrogen) atoms. The van der Waals surface area contributed by atoms with Crippen molar-refractivity contribution in [3.63, 3.8) is 0 Å². The Balaban J connectivity index is 1.12. The van der Waals surface area contributed by atoms with Crippen molar-refractivity contribution in [3.05, 3.63) is 53.9 Å². The molecule has 0 N–H and O–H groups in total. The van der Waals surface area contributed by atoms with Gasteiger partial charge in [-0.15, -0.1) is 10.2 Å². The first-order chi connectivity index (χ1) is 14.5. The Labute approximate surface area is 183 Å². The first-order valence-corrected chi connectivity index (χ1v) is 11.8. The van der Waals surface area contributed by atoms with Crippen LogP contribution in [0.4, 0.5) is 0 Å². The molecule has 0 bridgehead atoms. The molecule has 2 fully saturated rings. The zero-order chi connectivity index (χ0) is 20.7. The smallest absolute Gasteiger partial charge is 0.191 e. The monoisotopic (exact) mass is 417 g/mol. The minimum Gasteiger partial charge on any atom is -0.305 e. The molecule has 5 rings (SSSR count). The van der Waals surface area contributed by atoms with Gasteiger partial charge < -0.3 is 9.47 Å². The summed E-state index contributed by atoms with van der Waals surface area (Å²) in [6, 6.07) is 13.3. The minimum absolute atomic E-state index is 0.446. The van der Waals surface area contributed by atoms with Crippen molar-refractivity contribution in [1.29, 1.82) is 0 Å². The maximum Gasteiger partial charge on any atom is 0.191 e. The fourth-order valence-electron chi connectivity index (χ4n) is 4.83. The van der Waals surface area contributed by atoms with Crippen molar-refractivity contribution in [3.8, 4) is 11.4 Å². The van der Waals surface area contributed by atoms with Gasteiger partial charge in [-0.05, 0) is 49.9 Å². The normalized spacial score (nSPS) is 22.9. The molecule has 7 heteroatoms. The number of pyridine rings is 1. The van der Waals surface area contributed by atoms with Gasteiger partial charge in [0.1, 0.15) is 7.85 Å². The molecule has 1 saturated carbocycles. The molecule has 1 saturated heterocycles. The highest BCUT2D eigenvalue weighted by molar-refractivity contribution is 7.99. The van der Waals surface area contributed by atoms with E-state index in [1.807, 2.05) is 26.2 Å². The molecular weight excluding hydrogens is 389 g/mol. The summed E-state index contributed by atoms with van der Waals surface area (Å²) in [6.07, 6.45) is 4.42. The maximum absolute atomic E-state index is 4.40. The van der Waals surface area contributed by atoms with E-state index in [0.29, 0.717) is 5.41 Å². The molecule has 1 aliphatic carbocycles. The quantitative estimate of drug-likeness (QED) is 0.335. The van der Waals surface area contributed by atoms with Crippen molar-refractivity contribution in [2.24, 2.45) is 13.0 Å². The van der Waals surface area contributed by atoms with Gasteiger partial charge in [0.25, 0.3) is 0 Å². The molecule has 2 atom stereocenters. The fourth-order valence-corrected chi connectivity index (χ4v) is 5.67. The molecule has 5 nitrogen and oxygen atoms in total. The molecule has 1 aromatic carbocycles. The molecule has 2 aromatic heterocycles. The van der Waals surface area contributed by atoms with Gasteiger partial charge in [-0.25, -0.2) is 0 Å². The number of benzene rings is 1. The number of piperidine rings is 1. The molecule has 154 valence electrons. The second-order valence-corrected chi connectivity index (χ2v) is 9.98. The lowest BCUT2D eigenvalue weighted by molar-refractivity contribution is 0.299. The van der Waals surface area contributed by atoms with Crippen LogP contribution in [0.3, 0.4) is 0 Å². The van der Waals surface area contributed by atoms with Gasteiger partial charge in [-0.1, -0.05) is 41.5 Å². The Hall–Kier alpha value is -2.12. The molecule has 0 amide bonds. The summed E-state index contributed by atoms with van der Waals surface area (Å²) in [5, 5.41) is 9.75. The third kappa shape index (κ3) is 3.69.